The number of nitrogens with zero attached hydrogens (tertiary/aromatic N) is 1. The summed E-state index contributed by atoms with van der Waals surface area (Å²) < 4.78 is 0. The summed E-state index contributed by atoms with van der Waals surface area (Å²) in [5.74, 6) is -0.352. The molecule has 0 aromatic heterocycles. The zero-order valence-electron chi connectivity index (χ0n) is 19.2. The van der Waals surface area contributed by atoms with Gasteiger partial charge in [-0.25, -0.2) is 0 Å². The van der Waals surface area contributed by atoms with E-state index < -0.39 is 0 Å². The fourth-order valence-electron chi connectivity index (χ4n) is 3.92. The average Bonchev–Trinajstić information content (AvgIpc) is 2.79. The molecule has 2 N–H and O–H groups in total. The number of carbonyl (C=O) groups is 2. The van der Waals surface area contributed by atoms with Gasteiger partial charge in [-0.05, 0) is 81.3 Å². The summed E-state index contributed by atoms with van der Waals surface area (Å²) in [4.78, 5) is 27.5. The van der Waals surface area contributed by atoms with E-state index in [9.17, 15) is 9.59 Å². The first-order valence-electron chi connectivity index (χ1n) is 11.3. The van der Waals surface area contributed by atoms with Crippen molar-refractivity contribution >= 4 is 46.4 Å². The Morgan fingerprint density at radius 1 is 0.879 bits per heavy atom. The van der Waals surface area contributed by atoms with Crippen molar-refractivity contribution < 1.29 is 9.59 Å². The molecule has 0 radical (unpaired) electrons. The van der Waals surface area contributed by atoms with Gasteiger partial charge in [-0.15, -0.1) is 0 Å². The summed E-state index contributed by atoms with van der Waals surface area (Å²) in [7, 11) is 0. The topological polar surface area (TPSA) is 61.4 Å². The quantitative estimate of drug-likeness (QED) is 0.403. The van der Waals surface area contributed by atoms with Crippen molar-refractivity contribution in [3.63, 3.8) is 0 Å². The lowest BCUT2D eigenvalue weighted by atomic mass is 9.97. The van der Waals surface area contributed by atoms with E-state index in [0.717, 1.165) is 30.4 Å². The minimum atomic E-state index is -0.176. The van der Waals surface area contributed by atoms with Crippen molar-refractivity contribution in [2.24, 2.45) is 0 Å². The molecule has 0 spiro atoms. The Labute approximate surface area is 206 Å². The first kappa shape index (κ1) is 25.3. The van der Waals surface area contributed by atoms with Crippen molar-refractivity contribution in [1.82, 2.24) is 4.90 Å². The molecule has 3 rings (SSSR count). The zero-order valence-corrected chi connectivity index (χ0v) is 20.7. The van der Waals surface area contributed by atoms with Crippen LogP contribution in [0.3, 0.4) is 0 Å². The Morgan fingerprint density at radius 3 is 1.91 bits per heavy atom. The van der Waals surface area contributed by atoms with Crippen molar-refractivity contribution in [1.29, 1.82) is 0 Å². The highest BCUT2D eigenvalue weighted by molar-refractivity contribution is 6.32. The Hall–Kier alpha value is -2.34. The third-order valence-corrected chi connectivity index (χ3v) is 6.77. The molecule has 0 atom stereocenters. The highest BCUT2D eigenvalue weighted by atomic mass is 35.5. The van der Waals surface area contributed by atoms with E-state index in [0.29, 0.717) is 28.0 Å². The normalized spacial score (nSPS) is 13.5. The van der Waals surface area contributed by atoms with Gasteiger partial charge in [0, 0.05) is 28.0 Å². The molecule has 0 saturated carbocycles. The number of allylic oxidation sites excluding steroid dienone is 1. The van der Waals surface area contributed by atoms with Gasteiger partial charge in [0.15, 0.2) is 0 Å². The molecule has 7 heteroatoms. The lowest BCUT2D eigenvalue weighted by Crippen LogP contribution is -2.39. The predicted molar refractivity (Wildman–Crippen MR) is 137 cm³/mol. The van der Waals surface area contributed by atoms with Gasteiger partial charge in [0.2, 0.25) is 11.8 Å². The van der Waals surface area contributed by atoms with Gasteiger partial charge in [0.1, 0.15) is 0 Å². The van der Waals surface area contributed by atoms with E-state index >= 15 is 0 Å². The van der Waals surface area contributed by atoms with Crippen LogP contribution in [0.2, 0.25) is 10.0 Å². The molecule has 33 heavy (non-hydrogen) atoms. The molecule has 0 bridgehead atoms. The van der Waals surface area contributed by atoms with Crippen molar-refractivity contribution in [3.05, 3.63) is 69.2 Å². The van der Waals surface area contributed by atoms with Crippen LogP contribution >= 0.6 is 23.2 Å². The Kier molecular flexibility index (Phi) is 9.36. The van der Waals surface area contributed by atoms with Gasteiger partial charge in [0.25, 0.3) is 0 Å². The number of halogens is 2. The molecule has 2 aromatic carbocycles. The lowest BCUT2D eigenvalue weighted by Gasteiger charge is -2.23. The van der Waals surface area contributed by atoms with Crippen LogP contribution in [0.1, 0.15) is 43.2 Å². The second-order valence-electron chi connectivity index (χ2n) is 8.49. The number of hydrogen-bond donors (Lipinski definition) is 2. The predicted octanol–water partition coefficient (Wildman–Crippen LogP) is 6.38. The van der Waals surface area contributed by atoms with E-state index in [-0.39, 0.29) is 24.9 Å². The zero-order chi connectivity index (χ0) is 23.8. The summed E-state index contributed by atoms with van der Waals surface area (Å²) in [5, 5.41) is 7.06. The summed E-state index contributed by atoms with van der Waals surface area (Å²) >= 11 is 12.4. The van der Waals surface area contributed by atoms with Gasteiger partial charge in [0.05, 0.1) is 13.1 Å². The molecular weight excluding hydrogens is 457 g/mol. The number of carbonyl (C=O) groups excluding carboxylic acids is 2. The smallest absolute Gasteiger partial charge is 0.238 e. The molecule has 0 heterocycles. The van der Waals surface area contributed by atoms with Crippen molar-refractivity contribution in [2.75, 3.05) is 30.3 Å². The van der Waals surface area contributed by atoms with Crippen molar-refractivity contribution in [3.8, 4) is 0 Å². The number of amides is 2. The van der Waals surface area contributed by atoms with E-state index in [4.69, 9.17) is 23.2 Å². The van der Waals surface area contributed by atoms with Crippen LogP contribution in [0.5, 0.6) is 0 Å². The van der Waals surface area contributed by atoms with E-state index in [1.807, 2.05) is 30.9 Å². The molecule has 0 saturated heterocycles. The summed E-state index contributed by atoms with van der Waals surface area (Å²) in [6.07, 6.45) is 7.79. The SMILES string of the molecule is Cc1c(Cl)cccc1NC(=O)CN(CCC1=CCCCC1)CC(=O)Nc1cccc(Cl)c1C. The summed E-state index contributed by atoms with van der Waals surface area (Å²) in [6, 6.07) is 10.8. The highest BCUT2D eigenvalue weighted by Gasteiger charge is 2.17. The fourth-order valence-corrected chi connectivity index (χ4v) is 4.27. The van der Waals surface area contributed by atoms with Gasteiger partial charge < -0.3 is 10.6 Å². The van der Waals surface area contributed by atoms with Crippen LogP contribution in [0, 0.1) is 13.8 Å². The minimum absolute atomic E-state index is 0.112. The number of hydrogen-bond acceptors (Lipinski definition) is 3. The lowest BCUT2D eigenvalue weighted by molar-refractivity contribution is -0.120. The molecule has 1 aliphatic rings. The molecule has 2 amide bonds. The van der Waals surface area contributed by atoms with Crippen molar-refractivity contribution in [2.45, 2.75) is 46.0 Å². The minimum Gasteiger partial charge on any atom is -0.325 e. The van der Waals surface area contributed by atoms with E-state index in [1.165, 1.54) is 18.4 Å². The molecule has 5 nitrogen and oxygen atoms in total. The van der Waals surface area contributed by atoms with Crippen LogP contribution < -0.4 is 10.6 Å². The average molecular weight is 488 g/mol. The maximum Gasteiger partial charge on any atom is 0.238 e. The second-order valence-corrected chi connectivity index (χ2v) is 9.30. The third-order valence-electron chi connectivity index (χ3n) is 5.95. The first-order valence-corrected chi connectivity index (χ1v) is 12.1. The molecule has 0 aliphatic heterocycles. The number of rotatable bonds is 9. The van der Waals surface area contributed by atoms with E-state index in [1.54, 1.807) is 24.3 Å². The Bertz CT molecular complexity index is 969. The molecule has 0 fully saturated rings. The van der Waals surface area contributed by atoms with Crippen LogP contribution in [-0.2, 0) is 9.59 Å². The third kappa shape index (κ3) is 7.60. The summed E-state index contributed by atoms with van der Waals surface area (Å²) in [5.41, 5.74) is 4.41. The van der Waals surface area contributed by atoms with Crippen LogP contribution in [0.15, 0.2) is 48.0 Å². The van der Waals surface area contributed by atoms with Gasteiger partial charge >= 0.3 is 0 Å². The summed E-state index contributed by atoms with van der Waals surface area (Å²) in [6.45, 7) is 4.59. The molecule has 176 valence electrons. The van der Waals surface area contributed by atoms with Crippen LogP contribution in [-0.4, -0.2) is 36.3 Å². The Balaban J connectivity index is 1.66. The van der Waals surface area contributed by atoms with Gasteiger partial charge in [-0.2, -0.15) is 0 Å². The fraction of sp³-hybridized carbons (Fsp3) is 0.385. The number of nitrogens with one attached hydrogen (secondary N) is 2. The maximum absolute atomic E-state index is 12.8. The van der Waals surface area contributed by atoms with Gasteiger partial charge in [-0.1, -0.05) is 47.0 Å². The first-order chi connectivity index (χ1) is 15.8. The van der Waals surface area contributed by atoms with Gasteiger partial charge in [-0.3, -0.25) is 14.5 Å². The number of benzene rings is 2. The second kappa shape index (κ2) is 12.2. The molecule has 1 aliphatic carbocycles. The highest BCUT2D eigenvalue weighted by Crippen LogP contribution is 2.24. The molecule has 0 unspecified atom stereocenters. The Morgan fingerprint density at radius 2 is 1.42 bits per heavy atom. The monoisotopic (exact) mass is 487 g/mol. The molecule has 2 aromatic rings. The maximum atomic E-state index is 12.8. The standard InChI is InChI=1S/C26H31Cl2N3O2/c1-18-21(27)10-6-12-23(18)29-25(32)16-31(15-14-20-8-4-3-5-9-20)17-26(33)30-24-13-7-11-22(28)19(24)2/h6-8,10-13H,3-5,9,14-17H2,1-2H3,(H,29,32)(H,30,33). The molecular formula is C26H31Cl2N3O2. The van der Waals surface area contributed by atoms with E-state index in [2.05, 4.69) is 16.7 Å². The van der Waals surface area contributed by atoms with Crippen LogP contribution in [0.25, 0.3) is 0 Å². The number of anilines is 2. The van der Waals surface area contributed by atoms with Crippen LogP contribution in [0.4, 0.5) is 11.4 Å². The largest absolute Gasteiger partial charge is 0.325 e.